The van der Waals surface area contributed by atoms with Gasteiger partial charge in [0.15, 0.2) is 6.61 Å². The van der Waals surface area contributed by atoms with E-state index in [-0.39, 0.29) is 18.4 Å². The molecule has 0 atom stereocenters. The van der Waals surface area contributed by atoms with Crippen LogP contribution in [0.3, 0.4) is 0 Å². The standard InChI is InChI=1S/C19H21ClN2O3/c1-13-4-9-16(20)17(10-13)25-12-18(23)22(3)11-14-5-7-15(8-6-14)19(24)21-2/h4-10H,11-12H2,1-3H3,(H,21,24). The van der Waals surface area contributed by atoms with Crippen molar-refractivity contribution in [3.05, 3.63) is 64.2 Å². The molecule has 0 saturated carbocycles. The van der Waals surface area contributed by atoms with Crippen molar-refractivity contribution in [1.29, 1.82) is 0 Å². The lowest BCUT2D eigenvalue weighted by Gasteiger charge is -2.18. The molecule has 0 unspecified atom stereocenters. The van der Waals surface area contributed by atoms with Crippen LogP contribution in [0.5, 0.6) is 5.75 Å². The van der Waals surface area contributed by atoms with Crippen molar-refractivity contribution in [1.82, 2.24) is 10.2 Å². The first-order chi connectivity index (χ1) is 11.9. The molecule has 0 aliphatic rings. The predicted molar refractivity (Wildman–Crippen MR) is 98.0 cm³/mol. The summed E-state index contributed by atoms with van der Waals surface area (Å²) in [5, 5.41) is 3.05. The van der Waals surface area contributed by atoms with Gasteiger partial charge in [0.25, 0.3) is 11.8 Å². The molecule has 0 spiro atoms. The molecule has 6 heteroatoms. The van der Waals surface area contributed by atoms with Gasteiger partial charge >= 0.3 is 0 Å². The third kappa shape index (κ3) is 5.22. The highest BCUT2D eigenvalue weighted by molar-refractivity contribution is 6.32. The molecule has 2 aromatic rings. The monoisotopic (exact) mass is 360 g/mol. The van der Waals surface area contributed by atoms with Gasteiger partial charge in [-0.25, -0.2) is 0 Å². The van der Waals surface area contributed by atoms with Crippen LogP contribution in [0, 0.1) is 6.92 Å². The number of halogens is 1. The van der Waals surface area contributed by atoms with Crippen molar-refractivity contribution in [3.8, 4) is 5.75 Å². The summed E-state index contributed by atoms with van der Waals surface area (Å²) < 4.78 is 5.53. The molecule has 1 N–H and O–H groups in total. The maximum atomic E-state index is 12.2. The van der Waals surface area contributed by atoms with Crippen molar-refractivity contribution in [3.63, 3.8) is 0 Å². The lowest BCUT2D eigenvalue weighted by Crippen LogP contribution is -2.31. The second kappa shape index (κ2) is 8.53. The van der Waals surface area contributed by atoms with E-state index in [2.05, 4.69) is 5.32 Å². The Morgan fingerprint density at radius 1 is 1.16 bits per heavy atom. The van der Waals surface area contributed by atoms with E-state index in [1.807, 2.05) is 25.1 Å². The van der Waals surface area contributed by atoms with Crippen LogP contribution in [-0.2, 0) is 11.3 Å². The smallest absolute Gasteiger partial charge is 0.260 e. The Bertz CT molecular complexity index is 760. The quantitative estimate of drug-likeness (QED) is 0.861. The van der Waals surface area contributed by atoms with Gasteiger partial charge in [-0.1, -0.05) is 29.8 Å². The van der Waals surface area contributed by atoms with Gasteiger partial charge in [-0.15, -0.1) is 0 Å². The third-order valence-electron chi connectivity index (χ3n) is 3.73. The van der Waals surface area contributed by atoms with Gasteiger partial charge in [-0.3, -0.25) is 9.59 Å². The molecule has 5 nitrogen and oxygen atoms in total. The van der Waals surface area contributed by atoms with E-state index in [4.69, 9.17) is 16.3 Å². The fourth-order valence-electron chi connectivity index (χ4n) is 2.24. The Hall–Kier alpha value is -2.53. The first-order valence-electron chi connectivity index (χ1n) is 7.84. The number of carbonyl (C=O) groups excluding carboxylic acids is 2. The zero-order valence-corrected chi connectivity index (χ0v) is 15.3. The molecule has 2 amide bonds. The SMILES string of the molecule is CNC(=O)c1ccc(CN(C)C(=O)COc2cc(C)ccc2Cl)cc1. The van der Waals surface area contributed by atoms with E-state index >= 15 is 0 Å². The van der Waals surface area contributed by atoms with Gasteiger partial charge in [0.1, 0.15) is 5.75 Å². The fraction of sp³-hybridized carbons (Fsp3) is 0.263. The predicted octanol–water partition coefficient (Wildman–Crippen LogP) is 3.05. The van der Waals surface area contributed by atoms with Crippen LogP contribution in [-0.4, -0.2) is 37.4 Å². The number of carbonyl (C=O) groups is 2. The second-order valence-electron chi connectivity index (χ2n) is 5.75. The number of aryl methyl sites for hydroxylation is 1. The van der Waals surface area contributed by atoms with Crippen LogP contribution >= 0.6 is 11.6 Å². The topological polar surface area (TPSA) is 58.6 Å². The van der Waals surface area contributed by atoms with Crippen molar-refractivity contribution >= 4 is 23.4 Å². The molecule has 0 bridgehead atoms. The van der Waals surface area contributed by atoms with Crippen molar-refractivity contribution in [2.75, 3.05) is 20.7 Å². The number of hydrogen-bond acceptors (Lipinski definition) is 3. The summed E-state index contributed by atoms with van der Waals surface area (Å²) in [6.07, 6.45) is 0. The highest BCUT2D eigenvalue weighted by atomic mass is 35.5. The maximum Gasteiger partial charge on any atom is 0.260 e. The first kappa shape index (κ1) is 18.8. The van der Waals surface area contributed by atoms with Crippen LogP contribution in [0.15, 0.2) is 42.5 Å². The van der Waals surface area contributed by atoms with E-state index in [1.165, 1.54) is 0 Å². The molecule has 0 aliphatic carbocycles. The van der Waals surface area contributed by atoms with Crippen LogP contribution in [0.4, 0.5) is 0 Å². The van der Waals surface area contributed by atoms with Crippen LogP contribution in [0.25, 0.3) is 0 Å². The Balaban J connectivity index is 1.91. The van der Waals surface area contributed by atoms with Crippen LogP contribution < -0.4 is 10.1 Å². The molecule has 0 aliphatic heterocycles. The summed E-state index contributed by atoms with van der Waals surface area (Å²) in [5.74, 6) is 0.200. The number of likely N-dealkylation sites (N-methyl/N-ethyl adjacent to an activating group) is 1. The zero-order valence-electron chi connectivity index (χ0n) is 14.5. The minimum atomic E-state index is -0.159. The Morgan fingerprint density at radius 3 is 2.48 bits per heavy atom. The average molecular weight is 361 g/mol. The molecule has 25 heavy (non-hydrogen) atoms. The van der Waals surface area contributed by atoms with Gasteiger partial charge in [-0.2, -0.15) is 0 Å². The van der Waals surface area contributed by atoms with E-state index in [1.54, 1.807) is 43.3 Å². The molecule has 0 aromatic heterocycles. The molecule has 0 saturated heterocycles. The fourth-order valence-corrected chi connectivity index (χ4v) is 2.41. The van der Waals surface area contributed by atoms with Gasteiger partial charge in [0.2, 0.25) is 0 Å². The van der Waals surface area contributed by atoms with Crippen molar-refractivity contribution < 1.29 is 14.3 Å². The first-order valence-corrected chi connectivity index (χ1v) is 8.22. The van der Waals surface area contributed by atoms with E-state index < -0.39 is 0 Å². The summed E-state index contributed by atoms with van der Waals surface area (Å²) in [7, 11) is 3.29. The highest BCUT2D eigenvalue weighted by Crippen LogP contribution is 2.25. The van der Waals surface area contributed by atoms with Gasteiger partial charge in [0.05, 0.1) is 5.02 Å². The summed E-state index contributed by atoms with van der Waals surface area (Å²) in [6, 6.07) is 12.5. The minimum Gasteiger partial charge on any atom is -0.482 e. The number of hydrogen-bond donors (Lipinski definition) is 1. The average Bonchev–Trinajstić information content (AvgIpc) is 2.62. The third-order valence-corrected chi connectivity index (χ3v) is 4.04. The molecular formula is C19H21ClN2O3. The molecular weight excluding hydrogens is 340 g/mol. The van der Waals surface area contributed by atoms with E-state index in [0.717, 1.165) is 11.1 Å². The maximum absolute atomic E-state index is 12.2. The van der Waals surface area contributed by atoms with Crippen LogP contribution in [0.2, 0.25) is 5.02 Å². The zero-order chi connectivity index (χ0) is 18.4. The van der Waals surface area contributed by atoms with E-state index in [9.17, 15) is 9.59 Å². The summed E-state index contributed by atoms with van der Waals surface area (Å²) in [5.41, 5.74) is 2.52. The Kier molecular flexibility index (Phi) is 6.42. The summed E-state index contributed by atoms with van der Waals surface area (Å²) in [4.78, 5) is 25.3. The number of benzene rings is 2. The number of rotatable bonds is 6. The second-order valence-corrected chi connectivity index (χ2v) is 6.16. The van der Waals surface area contributed by atoms with E-state index in [0.29, 0.717) is 22.9 Å². The van der Waals surface area contributed by atoms with Crippen LogP contribution in [0.1, 0.15) is 21.5 Å². The van der Waals surface area contributed by atoms with Crippen molar-refractivity contribution in [2.24, 2.45) is 0 Å². The lowest BCUT2D eigenvalue weighted by atomic mass is 10.1. The summed E-state index contributed by atoms with van der Waals surface area (Å²) in [6.45, 7) is 2.27. The number of nitrogens with one attached hydrogen (secondary N) is 1. The molecule has 2 aromatic carbocycles. The van der Waals surface area contributed by atoms with Gasteiger partial charge in [-0.05, 0) is 42.3 Å². The normalized spacial score (nSPS) is 10.2. The molecule has 0 radical (unpaired) electrons. The lowest BCUT2D eigenvalue weighted by molar-refractivity contribution is -0.132. The van der Waals surface area contributed by atoms with Gasteiger partial charge in [0, 0.05) is 26.2 Å². The summed E-state index contributed by atoms with van der Waals surface area (Å²) >= 11 is 6.06. The molecule has 2 rings (SSSR count). The molecule has 0 heterocycles. The number of ether oxygens (including phenoxy) is 1. The highest BCUT2D eigenvalue weighted by Gasteiger charge is 2.12. The molecule has 0 fully saturated rings. The minimum absolute atomic E-state index is 0.0873. The van der Waals surface area contributed by atoms with Crippen molar-refractivity contribution in [2.45, 2.75) is 13.5 Å². The molecule has 132 valence electrons. The largest absolute Gasteiger partial charge is 0.482 e. The number of nitrogens with zero attached hydrogens (tertiary/aromatic N) is 1. The number of amides is 2. The van der Waals surface area contributed by atoms with Gasteiger partial charge < -0.3 is 15.0 Å². The Labute approximate surface area is 152 Å². The Morgan fingerprint density at radius 2 is 1.84 bits per heavy atom.